The van der Waals surface area contributed by atoms with E-state index in [1.165, 1.54) is 10.6 Å². The minimum absolute atomic E-state index is 0.0600. The average Bonchev–Trinajstić information content (AvgIpc) is 3.13. The Morgan fingerprint density at radius 1 is 1.41 bits per heavy atom. The number of nitrogens with two attached hydrogens (primary N) is 1. The Bertz CT molecular complexity index is 853. The van der Waals surface area contributed by atoms with Crippen LogP contribution in [0.3, 0.4) is 0 Å². The molecule has 22 heavy (non-hydrogen) atoms. The van der Waals surface area contributed by atoms with Crippen LogP contribution in [0.4, 0.5) is 5.95 Å². The number of H-pyrrole nitrogens is 1. The van der Waals surface area contributed by atoms with Crippen molar-refractivity contribution in [3.05, 3.63) is 30.2 Å². The Balaban J connectivity index is 2.19. The molecule has 0 bridgehead atoms. The summed E-state index contributed by atoms with van der Waals surface area (Å²) in [5.74, 6) is -1.65. The lowest BCUT2D eigenvalue weighted by Gasteiger charge is -2.07. The highest BCUT2D eigenvalue weighted by molar-refractivity contribution is 5.93. The Labute approximate surface area is 123 Å². The highest BCUT2D eigenvalue weighted by atomic mass is 16.4. The average molecular weight is 301 g/mol. The van der Waals surface area contributed by atoms with Crippen molar-refractivity contribution < 1.29 is 14.7 Å². The number of aliphatic carboxylic acids is 1. The van der Waals surface area contributed by atoms with Gasteiger partial charge in [0.15, 0.2) is 0 Å². The number of amides is 1. The molecule has 0 saturated heterocycles. The van der Waals surface area contributed by atoms with Crippen molar-refractivity contribution in [2.24, 2.45) is 5.73 Å². The number of carbonyl (C=O) groups is 2. The van der Waals surface area contributed by atoms with Crippen molar-refractivity contribution >= 4 is 23.3 Å². The van der Waals surface area contributed by atoms with Gasteiger partial charge >= 0.3 is 5.97 Å². The molecular weight excluding hydrogens is 290 g/mol. The van der Waals surface area contributed by atoms with Gasteiger partial charge in [-0.1, -0.05) is 0 Å². The Morgan fingerprint density at radius 3 is 2.86 bits per heavy atom. The van der Waals surface area contributed by atoms with Crippen molar-refractivity contribution in [1.82, 2.24) is 24.8 Å². The molecule has 0 unspecified atom stereocenters. The number of primary amides is 1. The largest absolute Gasteiger partial charge is 0.480 e. The van der Waals surface area contributed by atoms with Crippen LogP contribution in [0.25, 0.3) is 16.8 Å². The predicted octanol–water partition coefficient (Wildman–Crippen LogP) is -0.285. The molecule has 5 N–H and O–H groups in total. The van der Waals surface area contributed by atoms with Gasteiger partial charge in [0.1, 0.15) is 17.9 Å². The zero-order valence-electron chi connectivity index (χ0n) is 11.1. The van der Waals surface area contributed by atoms with Gasteiger partial charge in [-0.05, 0) is 12.1 Å². The Kier molecular flexibility index (Phi) is 3.18. The van der Waals surface area contributed by atoms with Crippen LogP contribution in [-0.2, 0) is 4.79 Å². The lowest BCUT2D eigenvalue weighted by molar-refractivity contribution is -0.134. The molecule has 10 heteroatoms. The summed E-state index contributed by atoms with van der Waals surface area (Å²) in [6.45, 7) is -0.358. The first-order valence-corrected chi connectivity index (χ1v) is 6.20. The second-order valence-electron chi connectivity index (χ2n) is 4.40. The number of hydrogen-bond donors (Lipinski definition) is 4. The molecule has 0 fully saturated rings. The number of nitrogens with zero attached hydrogens (tertiary/aromatic N) is 4. The fourth-order valence-electron chi connectivity index (χ4n) is 2.00. The van der Waals surface area contributed by atoms with Crippen LogP contribution in [0.1, 0.15) is 10.5 Å². The first-order valence-electron chi connectivity index (χ1n) is 6.20. The molecule has 10 nitrogen and oxygen atoms in total. The zero-order valence-corrected chi connectivity index (χ0v) is 11.1. The minimum atomic E-state index is -1.06. The number of carboxylic acids is 1. The van der Waals surface area contributed by atoms with Crippen LogP contribution < -0.4 is 11.1 Å². The summed E-state index contributed by atoms with van der Waals surface area (Å²) in [5.41, 5.74) is 7.19. The van der Waals surface area contributed by atoms with Crippen molar-refractivity contribution in [2.75, 3.05) is 11.9 Å². The SMILES string of the molecule is NC(=O)c1ccc2c(-c3cn[nH]c3)nc(NCC(=O)O)nn12. The van der Waals surface area contributed by atoms with E-state index in [1.807, 2.05) is 0 Å². The smallest absolute Gasteiger partial charge is 0.322 e. The molecule has 0 aliphatic heterocycles. The number of hydrogen-bond acceptors (Lipinski definition) is 6. The van der Waals surface area contributed by atoms with Crippen LogP contribution in [0.5, 0.6) is 0 Å². The number of carboxylic acid groups (broad SMARTS) is 1. The van der Waals surface area contributed by atoms with E-state index in [2.05, 4.69) is 25.6 Å². The molecule has 3 aromatic rings. The topological polar surface area (TPSA) is 151 Å². The molecule has 3 aromatic heterocycles. The van der Waals surface area contributed by atoms with Gasteiger partial charge in [0.05, 0.1) is 11.7 Å². The number of carbonyl (C=O) groups excluding carboxylic acids is 1. The van der Waals surface area contributed by atoms with Crippen LogP contribution in [0, 0.1) is 0 Å². The van der Waals surface area contributed by atoms with E-state index >= 15 is 0 Å². The quantitative estimate of drug-likeness (QED) is 0.505. The highest BCUT2D eigenvalue weighted by Gasteiger charge is 2.16. The summed E-state index contributed by atoms with van der Waals surface area (Å²) in [6, 6.07) is 3.18. The molecule has 0 saturated carbocycles. The van der Waals surface area contributed by atoms with E-state index in [0.29, 0.717) is 16.8 Å². The van der Waals surface area contributed by atoms with E-state index in [-0.39, 0.29) is 18.2 Å². The molecule has 1 amide bonds. The van der Waals surface area contributed by atoms with E-state index in [4.69, 9.17) is 10.8 Å². The number of nitrogens with one attached hydrogen (secondary N) is 2. The van der Waals surface area contributed by atoms with Gasteiger partial charge in [-0.2, -0.15) is 5.10 Å². The van der Waals surface area contributed by atoms with Gasteiger partial charge in [-0.3, -0.25) is 14.7 Å². The third kappa shape index (κ3) is 2.32. The zero-order chi connectivity index (χ0) is 15.7. The van der Waals surface area contributed by atoms with E-state index in [1.54, 1.807) is 18.5 Å². The molecule has 0 aliphatic carbocycles. The van der Waals surface area contributed by atoms with Gasteiger partial charge in [-0.15, -0.1) is 5.10 Å². The Morgan fingerprint density at radius 2 is 2.23 bits per heavy atom. The van der Waals surface area contributed by atoms with Crippen molar-refractivity contribution in [2.45, 2.75) is 0 Å². The van der Waals surface area contributed by atoms with Gasteiger partial charge < -0.3 is 16.2 Å². The number of anilines is 1. The third-order valence-electron chi connectivity index (χ3n) is 2.93. The molecule has 0 atom stereocenters. The Hall–Kier alpha value is -3.43. The maximum Gasteiger partial charge on any atom is 0.322 e. The van der Waals surface area contributed by atoms with Crippen molar-refractivity contribution in [3.8, 4) is 11.3 Å². The molecule has 0 aromatic carbocycles. The van der Waals surface area contributed by atoms with Gasteiger partial charge in [0.2, 0.25) is 5.95 Å². The lowest BCUT2D eigenvalue weighted by Crippen LogP contribution is -2.18. The maximum absolute atomic E-state index is 11.5. The first kappa shape index (κ1) is 13.5. The lowest BCUT2D eigenvalue weighted by atomic mass is 10.2. The number of aromatic nitrogens is 5. The number of fused-ring (bicyclic) bond motifs is 1. The summed E-state index contributed by atoms with van der Waals surface area (Å²) in [6.07, 6.45) is 3.18. The summed E-state index contributed by atoms with van der Waals surface area (Å²) in [7, 11) is 0. The summed E-state index contributed by atoms with van der Waals surface area (Å²) in [5, 5.41) is 21.9. The van der Waals surface area contributed by atoms with E-state index < -0.39 is 11.9 Å². The first-order chi connectivity index (χ1) is 10.6. The minimum Gasteiger partial charge on any atom is -0.480 e. The molecule has 3 rings (SSSR count). The monoisotopic (exact) mass is 301 g/mol. The van der Waals surface area contributed by atoms with Crippen LogP contribution >= 0.6 is 0 Å². The molecular formula is C12H11N7O3. The molecule has 112 valence electrons. The second-order valence-corrected chi connectivity index (χ2v) is 4.40. The van der Waals surface area contributed by atoms with E-state index in [0.717, 1.165) is 0 Å². The van der Waals surface area contributed by atoms with Gasteiger partial charge in [0.25, 0.3) is 5.91 Å². The van der Waals surface area contributed by atoms with Gasteiger partial charge in [0, 0.05) is 11.8 Å². The third-order valence-corrected chi connectivity index (χ3v) is 2.93. The van der Waals surface area contributed by atoms with Gasteiger partial charge in [-0.25, -0.2) is 9.50 Å². The summed E-state index contributed by atoms with van der Waals surface area (Å²) >= 11 is 0. The van der Waals surface area contributed by atoms with Crippen LogP contribution in [0.2, 0.25) is 0 Å². The standard InChI is InChI=1S/C12H11N7O3/c13-11(22)8-2-1-7-10(6-3-15-16-4-6)17-12(18-19(7)8)14-5-9(20)21/h1-4H,5H2,(H2,13,22)(H,14,18)(H,15,16)(H,20,21). The van der Waals surface area contributed by atoms with Crippen LogP contribution in [0.15, 0.2) is 24.5 Å². The normalized spacial score (nSPS) is 10.7. The summed E-state index contributed by atoms with van der Waals surface area (Å²) in [4.78, 5) is 26.4. The van der Waals surface area contributed by atoms with Crippen molar-refractivity contribution in [1.29, 1.82) is 0 Å². The fourth-order valence-corrected chi connectivity index (χ4v) is 2.00. The fraction of sp³-hybridized carbons (Fsp3) is 0.0833. The molecule has 0 spiro atoms. The second kappa shape index (κ2) is 5.16. The highest BCUT2D eigenvalue weighted by Crippen LogP contribution is 2.24. The van der Waals surface area contributed by atoms with E-state index in [9.17, 15) is 9.59 Å². The maximum atomic E-state index is 11.5. The number of rotatable bonds is 5. The van der Waals surface area contributed by atoms with Crippen LogP contribution in [-0.4, -0.2) is 48.3 Å². The molecule has 0 aliphatic rings. The summed E-state index contributed by atoms with van der Waals surface area (Å²) < 4.78 is 1.32. The van der Waals surface area contributed by atoms with Crippen molar-refractivity contribution in [3.63, 3.8) is 0 Å². The predicted molar refractivity (Wildman–Crippen MR) is 75.2 cm³/mol. The number of aromatic amines is 1. The molecule has 0 radical (unpaired) electrons. The molecule has 3 heterocycles.